The van der Waals surface area contributed by atoms with Crippen LogP contribution < -0.4 is 5.19 Å². The molecule has 4 heteroatoms. The number of benzene rings is 1. The van der Waals surface area contributed by atoms with Gasteiger partial charge in [0.15, 0.2) is 5.83 Å². The molecule has 0 aliphatic heterocycles. The molecule has 2 rings (SSSR count). The fourth-order valence-corrected chi connectivity index (χ4v) is 3.01. The molecule has 100 valence electrons. The summed E-state index contributed by atoms with van der Waals surface area (Å²) >= 11 is 0. The van der Waals surface area contributed by atoms with Gasteiger partial charge in [0.25, 0.3) is 0 Å². The van der Waals surface area contributed by atoms with E-state index in [1.807, 2.05) is 19.1 Å². The fourth-order valence-electron chi connectivity index (χ4n) is 1.84. The van der Waals surface area contributed by atoms with Gasteiger partial charge in [-0.05, 0) is 24.6 Å². The number of nitrogens with one attached hydrogen (secondary N) is 1. The van der Waals surface area contributed by atoms with Crippen LogP contribution >= 0.6 is 0 Å². The Morgan fingerprint density at radius 1 is 1.21 bits per heavy atom. The van der Waals surface area contributed by atoms with Crippen molar-refractivity contribution in [2.75, 3.05) is 0 Å². The van der Waals surface area contributed by atoms with Gasteiger partial charge in [0.1, 0.15) is 5.69 Å². The summed E-state index contributed by atoms with van der Waals surface area (Å²) in [5, 5.41) is 8.02. The molecule has 19 heavy (non-hydrogen) atoms. The Morgan fingerprint density at radius 3 is 2.32 bits per heavy atom. The lowest BCUT2D eigenvalue weighted by Gasteiger charge is -2.16. The topological polar surface area (TPSA) is 28.7 Å². The summed E-state index contributed by atoms with van der Waals surface area (Å²) in [5.74, 6) is -0.315. The number of hydrogen-bond acceptors (Lipinski definition) is 1. The molecular weight excluding hydrogens is 255 g/mol. The maximum absolute atomic E-state index is 14.0. The first-order valence-corrected chi connectivity index (χ1v) is 9.86. The van der Waals surface area contributed by atoms with E-state index in [4.69, 9.17) is 0 Å². The molecule has 2 nitrogen and oxygen atoms in total. The van der Waals surface area contributed by atoms with E-state index in [1.54, 1.807) is 6.07 Å². The van der Waals surface area contributed by atoms with Crippen LogP contribution in [-0.4, -0.2) is 18.3 Å². The molecule has 1 aromatic heterocycles. The van der Waals surface area contributed by atoms with Gasteiger partial charge >= 0.3 is 0 Å². The lowest BCUT2D eigenvalue weighted by atomic mass is 10.2. The lowest BCUT2D eigenvalue weighted by Crippen LogP contribution is -2.37. The molecule has 0 saturated heterocycles. The zero-order valence-electron chi connectivity index (χ0n) is 11.8. The van der Waals surface area contributed by atoms with E-state index in [0.29, 0.717) is 5.69 Å². The number of halogens is 1. The van der Waals surface area contributed by atoms with Gasteiger partial charge in [-0.2, -0.15) is 5.10 Å². The Hall–Kier alpha value is -1.68. The zero-order chi connectivity index (χ0) is 14.0. The van der Waals surface area contributed by atoms with Gasteiger partial charge in [0.05, 0.1) is 8.07 Å². The van der Waals surface area contributed by atoms with Crippen molar-refractivity contribution >= 4 is 25.2 Å². The highest BCUT2D eigenvalue weighted by Crippen LogP contribution is 2.18. The second-order valence-electron chi connectivity index (χ2n) is 5.80. The summed E-state index contributed by atoms with van der Waals surface area (Å²) in [5.41, 5.74) is 2.07. The van der Waals surface area contributed by atoms with Crippen LogP contribution in [0, 0.1) is 6.92 Å². The van der Waals surface area contributed by atoms with Crippen LogP contribution in [0.25, 0.3) is 11.9 Å². The highest BCUT2D eigenvalue weighted by Gasteiger charge is 2.15. The average molecular weight is 274 g/mol. The molecule has 0 bridgehead atoms. The molecule has 0 amide bonds. The normalized spacial score (nSPS) is 12.8. The first-order valence-electron chi connectivity index (χ1n) is 6.36. The van der Waals surface area contributed by atoms with E-state index >= 15 is 0 Å². The Kier molecular flexibility index (Phi) is 3.71. The predicted molar refractivity (Wildman–Crippen MR) is 81.7 cm³/mol. The predicted octanol–water partition coefficient (Wildman–Crippen LogP) is 3.73. The van der Waals surface area contributed by atoms with Crippen LogP contribution in [0.1, 0.15) is 17.0 Å². The number of aromatic amines is 1. The van der Waals surface area contributed by atoms with Gasteiger partial charge in [-0.15, -0.1) is 0 Å². The van der Waals surface area contributed by atoms with E-state index in [2.05, 4.69) is 42.0 Å². The van der Waals surface area contributed by atoms with Gasteiger partial charge in [-0.1, -0.05) is 49.1 Å². The molecule has 0 saturated carbocycles. The van der Waals surface area contributed by atoms with Crippen molar-refractivity contribution in [3.63, 3.8) is 0 Å². The molecule has 0 unspecified atom stereocenters. The van der Waals surface area contributed by atoms with E-state index in [0.717, 1.165) is 11.3 Å². The molecular formula is C15H19FN2Si. The van der Waals surface area contributed by atoms with Crippen LogP contribution in [0.4, 0.5) is 4.39 Å². The third-order valence-corrected chi connectivity index (χ3v) is 5.09. The highest BCUT2D eigenvalue weighted by atomic mass is 28.3. The Labute approximate surface area is 114 Å². The van der Waals surface area contributed by atoms with Crippen LogP contribution in [0.5, 0.6) is 0 Å². The fraction of sp³-hybridized carbons (Fsp3) is 0.267. The number of aromatic nitrogens is 2. The minimum atomic E-state index is -1.29. The van der Waals surface area contributed by atoms with Crippen LogP contribution in [0.3, 0.4) is 0 Å². The van der Waals surface area contributed by atoms with Gasteiger partial charge in [0, 0.05) is 5.69 Å². The smallest absolute Gasteiger partial charge is 0.151 e. The minimum Gasteiger partial charge on any atom is -0.282 e. The van der Waals surface area contributed by atoms with Crippen molar-refractivity contribution in [3.05, 3.63) is 47.3 Å². The monoisotopic (exact) mass is 274 g/mol. The largest absolute Gasteiger partial charge is 0.282 e. The Bertz CT molecular complexity index is 591. The van der Waals surface area contributed by atoms with Gasteiger partial charge < -0.3 is 0 Å². The summed E-state index contributed by atoms with van der Waals surface area (Å²) in [4.78, 5) is 0. The minimum absolute atomic E-state index is 0.315. The summed E-state index contributed by atoms with van der Waals surface area (Å²) in [7, 11) is -1.29. The molecule has 0 aliphatic rings. The van der Waals surface area contributed by atoms with Crippen molar-refractivity contribution < 1.29 is 4.39 Å². The standard InChI is InChI=1S/C15H19FN2Si/c1-11-9-15(18-17-11)14(16)10-12-5-7-13(8-6-12)19(2,3)4/h5-10H,1-4H3,(H,17,18). The summed E-state index contributed by atoms with van der Waals surface area (Å²) in [6.45, 7) is 8.74. The SMILES string of the molecule is Cc1cc(C(F)=Cc2ccc([Si](C)(C)C)cc2)n[nH]1. The molecule has 1 N–H and O–H groups in total. The van der Waals surface area contributed by atoms with Crippen molar-refractivity contribution in [3.8, 4) is 0 Å². The second kappa shape index (κ2) is 5.13. The highest BCUT2D eigenvalue weighted by molar-refractivity contribution is 6.88. The van der Waals surface area contributed by atoms with Crippen LogP contribution in [0.2, 0.25) is 19.6 Å². The Balaban J connectivity index is 2.24. The third-order valence-electron chi connectivity index (χ3n) is 3.02. The lowest BCUT2D eigenvalue weighted by molar-refractivity contribution is 0.756. The van der Waals surface area contributed by atoms with Gasteiger partial charge in [-0.3, -0.25) is 5.10 Å². The number of nitrogens with zero attached hydrogens (tertiary/aromatic N) is 1. The molecule has 0 spiro atoms. The van der Waals surface area contributed by atoms with E-state index in [1.165, 1.54) is 11.3 Å². The van der Waals surface area contributed by atoms with E-state index in [-0.39, 0.29) is 5.83 Å². The number of H-pyrrole nitrogens is 1. The molecule has 2 aromatic rings. The maximum atomic E-state index is 14.0. The van der Waals surface area contributed by atoms with Crippen LogP contribution in [0.15, 0.2) is 30.3 Å². The maximum Gasteiger partial charge on any atom is 0.151 e. The molecule has 1 aromatic carbocycles. The molecule has 0 radical (unpaired) electrons. The van der Waals surface area contributed by atoms with Crippen molar-refractivity contribution in [2.24, 2.45) is 0 Å². The summed E-state index contributed by atoms with van der Waals surface area (Å²) in [6.07, 6.45) is 1.52. The first kappa shape index (κ1) is 13.7. The van der Waals surface area contributed by atoms with Crippen LogP contribution in [-0.2, 0) is 0 Å². The van der Waals surface area contributed by atoms with Crippen molar-refractivity contribution in [1.29, 1.82) is 0 Å². The van der Waals surface area contributed by atoms with Crippen molar-refractivity contribution in [2.45, 2.75) is 26.6 Å². The summed E-state index contributed by atoms with van der Waals surface area (Å²) in [6, 6.07) is 9.82. The average Bonchev–Trinajstić information content (AvgIpc) is 2.75. The van der Waals surface area contributed by atoms with Gasteiger partial charge in [0.2, 0.25) is 0 Å². The number of rotatable bonds is 3. The quantitative estimate of drug-likeness (QED) is 0.849. The van der Waals surface area contributed by atoms with E-state index < -0.39 is 8.07 Å². The Morgan fingerprint density at radius 2 is 1.84 bits per heavy atom. The molecule has 0 aliphatic carbocycles. The van der Waals surface area contributed by atoms with E-state index in [9.17, 15) is 4.39 Å². The summed E-state index contributed by atoms with van der Waals surface area (Å²) < 4.78 is 14.0. The van der Waals surface area contributed by atoms with Gasteiger partial charge in [-0.25, -0.2) is 4.39 Å². The van der Waals surface area contributed by atoms with Crippen molar-refractivity contribution in [1.82, 2.24) is 10.2 Å². The second-order valence-corrected chi connectivity index (χ2v) is 10.9. The molecule has 1 heterocycles. The molecule has 0 fully saturated rings. The molecule has 0 atom stereocenters. The third kappa shape index (κ3) is 3.41. The number of hydrogen-bond donors (Lipinski definition) is 1. The number of aryl methyl sites for hydroxylation is 1. The zero-order valence-corrected chi connectivity index (χ0v) is 12.8. The first-order chi connectivity index (χ1) is 8.86.